The van der Waals surface area contributed by atoms with Crippen LogP contribution in [0.15, 0.2) is 18.2 Å². The second kappa shape index (κ2) is 4.68. The lowest BCUT2D eigenvalue weighted by Crippen LogP contribution is -2.21. The molecule has 19 heavy (non-hydrogen) atoms. The first-order chi connectivity index (χ1) is 8.44. The summed E-state index contributed by atoms with van der Waals surface area (Å²) >= 11 is 0. The number of nitro groups is 1. The summed E-state index contributed by atoms with van der Waals surface area (Å²) in [6, 6.07) is 0.417. The minimum atomic E-state index is -5.22. The molecule has 0 aliphatic carbocycles. The zero-order valence-corrected chi connectivity index (χ0v) is 8.79. The van der Waals surface area contributed by atoms with E-state index in [1.165, 1.54) is 0 Å². The van der Waals surface area contributed by atoms with Crippen LogP contribution in [-0.2, 0) is 6.18 Å². The molecule has 4 nitrogen and oxygen atoms in total. The number of benzene rings is 1. The van der Waals surface area contributed by atoms with E-state index >= 15 is 0 Å². The van der Waals surface area contributed by atoms with E-state index in [2.05, 4.69) is 0 Å². The minimum absolute atomic E-state index is 0.0513. The molecule has 1 atom stereocenters. The highest BCUT2D eigenvalue weighted by atomic mass is 19.4. The number of alkyl halides is 6. The number of halogens is 6. The molecular weight excluding hydrogens is 284 g/mol. The van der Waals surface area contributed by atoms with Gasteiger partial charge in [0.2, 0.25) is 0 Å². The summed E-state index contributed by atoms with van der Waals surface area (Å²) < 4.78 is 73.5. The van der Waals surface area contributed by atoms with Gasteiger partial charge in [0.05, 0.1) is 16.1 Å². The predicted octanol–water partition coefficient (Wildman–Crippen LogP) is 3.21. The van der Waals surface area contributed by atoms with Gasteiger partial charge in [-0.25, -0.2) is 0 Å². The Morgan fingerprint density at radius 2 is 1.68 bits per heavy atom. The van der Waals surface area contributed by atoms with Gasteiger partial charge in [0.15, 0.2) is 6.10 Å². The molecule has 10 heteroatoms. The van der Waals surface area contributed by atoms with Crippen molar-refractivity contribution in [1.82, 2.24) is 0 Å². The van der Waals surface area contributed by atoms with E-state index in [-0.39, 0.29) is 18.2 Å². The maximum Gasteiger partial charge on any atom is 0.418 e. The van der Waals surface area contributed by atoms with Gasteiger partial charge in [0.25, 0.3) is 5.69 Å². The molecule has 0 aromatic heterocycles. The first-order valence-electron chi connectivity index (χ1n) is 4.55. The van der Waals surface area contributed by atoms with Crippen molar-refractivity contribution in [3.05, 3.63) is 39.4 Å². The summed E-state index contributed by atoms with van der Waals surface area (Å²) in [5.74, 6) is 0. The second-order valence-corrected chi connectivity index (χ2v) is 3.47. The summed E-state index contributed by atoms with van der Waals surface area (Å²) in [5, 5.41) is 19.4. The van der Waals surface area contributed by atoms with Crippen LogP contribution in [0.1, 0.15) is 17.2 Å². The number of nitro benzene ring substituents is 1. The fourth-order valence-electron chi connectivity index (χ4n) is 1.29. The summed E-state index contributed by atoms with van der Waals surface area (Å²) in [5.41, 5.74) is -4.16. The molecule has 0 amide bonds. The Morgan fingerprint density at radius 1 is 1.16 bits per heavy atom. The number of hydrogen-bond acceptors (Lipinski definition) is 3. The molecule has 0 fully saturated rings. The molecule has 106 valence electrons. The van der Waals surface area contributed by atoms with Crippen molar-refractivity contribution < 1.29 is 36.4 Å². The van der Waals surface area contributed by atoms with Crippen molar-refractivity contribution in [1.29, 1.82) is 0 Å². The molecule has 0 aliphatic rings. The van der Waals surface area contributed by atoms with E-state index in [0.717, 1.165) is 0 Å². The average molecular weight is 289 g/mol. The first kappa shape index (κ1) is 15.2. The highest BCUT2D eigenvalue weighted by Crippen LogP contribution is 2.39. The van der Waals surface area contributed by atoms with Crippen LogP contribution in [0.3, 0.4) is 0 Å². The van der Waals surface area contributed by atoms with E-state index in [9.17, 15) is 36.5 Å². The van der Waals surface area contributed by atoms with Crippen molar-refractivity contribution >= 4 is 5.69 Å². The number of hydrogen-bond donors (Lipinski definition) is 1. The molecule has 1 rings (SSSR count). The molecule has 0 spiro atoms. The van der Waals surface area contributed by atoms with Crippen LogP contribution in [0.5, 0.6) is 0 Å². The summed E-state index contributed by atoms with van der Waals surface area (Å²) in [6.07, 6.45) is -13.4. The molecule has 1 N–H and O–H groups in total. The van der Waals surface area contributed by atoms with Crippen molar-refractivity contribution in [3.8, 4) is 0 Å². The number of aliphatic hydroxyl groups excluding tert-OH is 1. The Kier molecular flexibility index (Phi) is 3.75. The lowest BCUT2D eigenvalue weighted by Gasteiger charge is -2.15. The van der Waals surface area contributed by atoms with Crippen LogP contribution >= 0.6 is 0 Å². The van der Waals surface area contributed by atoms with Crippen molar-refractivity contribution in [2.24, 2.45) is 0 Å². The lowest BCUT2D eigenvalue weighted by atomic mass is 10.0. The topological polar surface area (TPSA) is 63.4 Å². The Labute approximate surface area is 101 Å². The number of rotatable bonds is 2. The first-order valence-corrected chi connectivity index (χ1v) is 4.55. The molecule has 0 bridgehead atoms. The fraction of sp³-hybridized carbons (Fsp3) is 0.333. The van der Waals surface area contributed by atoms with E-state index in [4.69, 9.17) is 5.11 Å². The van der Waals surface area contributed by atoms with Crippen LogP contribution in [0.4, 0.5) is 32.0 Å². The maximum absolute atomic E-state index is 12.3. The molecule has 0 aliphatic heterocycles. The third-order valence-corrected chi connectivity index (χ3v) is 2.16. The van der Waals surface area contributed by atoms with Gasteiger partial charge in [0, 0.05) is 6.07 Å². The van der Waals surface area contributed by atoms with E-state index < -0.39 is 40.2 Å². The largest absolute Gasteiger partial charge is 0.418 e. The van der Waals surface area contributed by atoms with Crippen LogP contribution in [-0.4, -0.2) is 16.2 Å². The third kappa shape index (κ3) is 3.34. The quantitative estimate of drug-likeness (QED) is 0.516. The molecule has 0 saturated carbocycles. The highest BCUT2D eigenvalue weighted by molar-refractivity contribution is 5.46. The zero-order chi connectivity index (χ0) is 15.0. The Hall–Kier alpha value is -1.84. The van der Waals surface area contributed by atoms with E-state index in [1.807, 2.05) is 0 Å². The van der Waals surface area contributed by atoms with Crippen molar-refractivity contribution in [2.45, 2.75) is 18.5 Å². The predicted molar refractivity (Wildman–Crippen MR) is 49.1 cm³/mol. The molecule has 1 aromatic carbocycles. The Bertz CT molecular complexity index is 496. The molecule has 0 unspecified atom stereocenters. The van der Waals surface area contributed by atoms with Crippen LogP contribution in [0.2, 0.25) is 0 Å². The molecule has 0 saturated heterocycles. The maximum atomic E-state index is 12.3. The van der Waals surface area contributed by atoms with Crippen LogP contribution in [0.25, 0.3) is 0 Å². The molecule has 0 radical (unpaired) electrons. The van der Waals surface area contributed by atoms with E-state index in [1.54, 1.807) is 0 Å². The van der Waals surface area contributed by atoms with Gasteiger partial charge in [-0.1, -0.05) is 0 Å². The van der Waals surface area contributed by atoms with Gasteiger partial charge in [0.1, 0.15) is 0 Å². The second-order valence-electron chi connectivity index (χ2n) is 3.47. The zero-order valence-electron chi connectivity index (χ0n) is 8.79. The number of nitrogens with zero attached hydrogens (tertiary/aromatic N) is 1. The summed E-state index contributed by atoms with van der Waals surface area (Å²) in [7, 11) is 0. The van der Waals surface area contributed by atoms with Crippen molar-refractivity contribution in [2.75, 3.05) is 0 Å². The smallest absolute Gasteiger partial charge is 0.379 e. The Balaban J connectivity index is 3.39. The average Bonchev–Trinajstić information content (AvgIpc) is 2.24. The lowest BCUT2D eigenvalue weighted by molar-refractivity contribution is -0.387. The van der Waals surface area contributed by atoms with Gasteiger partial charge in [-0.05, 0) is 12.1 Å². The minimum Gasteiger partial charge on any atom is -0.379 e. The molecule has 0 heterocycles. The van der Waals surface area contributed by atoms with Gasteiger partial charge in [-0.2, -0.15) is 26.3 Å². The summed E-state index contributed by atoms with van der Waals surface area (Å²) in [6.45, 7) is 0. The third-order valence-electron chi connectivity index (χ3n) is 2.16. The normalized spacial score (nSPS) is 14.3. The molecule has 1 aromatic rings. The monoisotopic (exact) mass is 289 g/mol. The van der Waals surface area contributed by atoms with Gasteiger partial charge >= 0.3 is 12.4 Å². The van der Waals surface area contributed by atoms with Gasteiger partial charge in [-0.3, -0.25) is 10.1 Å². The van der Waals surface area contributed by atoms with Gasteiger partial charge in [-0.15, -0.1) is 0 Å². The molecular formula is C9H5F6NO3. The fourth-order valence-corrected chi connectivity index (χ4v) is 1.29. The summed E-state index contributed by atoms with van der Waals surface area (Å²) in [4.78, 5) is 9.07. The van der Waals surface area contributed by atoms with Crippen LogP contribution < -0.4 is 0 Å². The Morgan fingerprint density at radius 3 is 2.05 bits per heavy atom. The SMILES string of the molecule is O=[N+]([O-])c1cc(C(F)(F)F)ccc1[C@@H](O)C(F)(F)F. The highest BCUT2D eigenvalue weighted by Gasteiger charge is 2.43. The van der Waals surface area contributed by atoms with Gasteiger partial charge < -0.3 is 5.11 Å². The van der Waals surface area contributed by atoms with Crippen molar-refractivity contribution in [3.63, 3.8) is 0 Å². The number of aliphatic hydroxyl groups is 1. The standard InChI is InChI=1S/C9H5F6NO3/c10-8(11,12)4-1-2-5(6(3-4)16(18)19)7(17)9(13,14)15/h1-3,7,17H/t7-/m1/s1. The van der Waals surface area contributed by atoms with Crippen LogP contribution in [0, 0.1) is 10.1 Å². The van der Waals surface area contributed by atoms with E-state index in [0.29, 0.717) is 0 Å².